The summed E-state index contributed by atoms with van der Waals surface area (Å²) in [6, 6.07) is 16.0. The van der Waals surface area contributed by atoms with Gasteiger partial charge in [0.05, 0.1) is 34.5 Å². The number of carbonyl (C=O) groups is 1. The number of nitrogens with zero attached hydrogens (tertiary/aromatic N) is 5. The third-order valence-corrected chi connectivity index (χ3v) is 5.98. The van der Waals surface area contributed by atoms with Gasteiger partial charge in [-0.05, 0) is 62.6 Å². The van der Waals surface area contributed by atoms with Gasteiger partial charge in [0.2, 0.25) is 0 Å². The first-order chi connectivity index (χ1) is 16.5. The van der Waals surface area contributed by atoms with Crippen LogP contribution in [0.2, 0.25) is 0 Å². The van der Waals surface area contributed by atoms with Crippen molar-refractivity contribution in [1.29, 1.82) is 0 Å². The fourth-order valence-electron chi connectivity index (χ4n) is 4.05. The summed E-state index contributed by atoms with van der Waals surface area (Å²) in [6.07, 6.45) is 8.06. The Labute approximate surface area is 198 Å². The lowest BCUT2D eigenvalue weighted by Crippen LogP contribution is -2.05. The molecule has 6 nitrogen and oxygen atoms in total. The van der Waals surface area contributed by atoms with Crippen LogP contribution in [0, 0.1) is 20.8 Å². The van der Waals surface area contributed by atoms with Crippen molar-refractivity contribution in [2.45, 2.75) is 33.6 Å². The lowest BCUT2D eigenvalue weighted by Gasteiger charge is -2.11. The summed E-state index contributed by atoms with van der Waals surface area (Å²) < 4.78 is 1.91. The molecule has 0 unspecified atom stereocenters. The predicted octanol–water partition coefficient (Wildman–Crippen LogP) is 5.62. The molecule has 0 spiro atoms. The number of Topliss-reactive ketones (excluding diaryl/α,β-unsaturated/α-hetero) is 1. The van der Waals surface area contributed by atoms with E-state index in [2.05, 4.69) is 27.9 Å². The maximum absolute atomic E-state index is 13.3. The second kappa shape index (κ2) is 8.98. The molecule has 0 aliphatic carbocycles. The van der Waals surface area contributed by atoms with Crippen LogP contribution in [-0.2, 0) is 6.42 Å². The molecule has 0 atom stereocenters. The maximum Gasteiger partial charge on any atom is 0.163 e. The molecule has 6 heteroatoms. The third kappa shape index (κ3) is 4.22. The van der Waals surface area contributed by atoms with Crippen molar-refractivity contribution >= 4 is 16.7 Å². The number of carbonyl (C=O) groups excluding carboxylic acids is 1. The molecule has 3 heterocycles. The van der Waals surface area contributed by atoms with Gasteiger partial charge < -0.3 is 0 Å². The van der Waals surface area contributed by atoms with Crippen molar-refractivity contribution in [3.63, 3.8) is 0 Å². The normalized spacial score (nSPS) is 11.1. The SMILES string of the molecule is Cc1ccc(-c2cc(C(=O)CCc3cnc(C)cn3)cc3c2cnn3-c2ccccc2C)nc1. The zero-order valence-corrected chi connectivity index (χ0v) is 19.5. The molecule has 0 saturated heterocycles. The Morgan fingerprint density at radius 2 is 1.74 bits per heavy atom. The van der Waals surface area contributed by atoms with E-state index in [-0.39, 0.29) is 5.78 Å². The van der Waals surface area contributed by atoms with E-state index in [0.717, 1.165) is 50.4 Å². The van der Waals surface area contributed by atoms with E-state index < -0.39 is 0 Å². The Morgan fingerprint density at radius 1 is 0.882 bits per heavy atom. The number of rotatable bonds is 6. The summed E-state index contributed by atoms with van der Waals surface area (Å²) in [5, 5.41) is 5.65. The number of pyridine rings is 1. The average Bonchev–Trinajstić information content (AvgIpc) is 3.27. The van der Waals surface area contributed by atoms with Gasteiger partial charge in [-0.1, -0.05) is 24.3 Å². The number of hydrogen-bond acceptors (Lipinski definition) is 5. The fourth-order valence-corrected chi connectivity index (χ4v) is 4.05. The average molecular weight is 448 g/mol. The Morgan fingerprint density at radius 3 is 2.47 bits per heavy atom. The smallest absolute Gasteiger partial charge is 0.163 e. The van der Waals surface area contributed by atoms with Gasteiger partial charge in [0.25, 0.3) is 0 Å². The van der Waals surface area contributed by atoms with Crippen LogP contribution in [0.3, 0.4) is 0 Å². The van der Waals surface area contributed by atoms with Gasteiger partial charge in [0.1, 0.15) is 0 Å². The topological polar surface area (TPSA) is 73.6 Å². The minimum absolute atomic E-state index is 0.0511. The van der Waals surface area contributed by atoms with Crippen LogP contribution >= 0.6 is 0 Å². The molecule has 0 amide bonds. The number of para-hydroxylation sites is 1. The van der Waals surface area contributed by atoms with Gasteiger partial charge in [0, 0.05) is 41.5 Å². The molecule has 3 aromatic heterocycles. The molecule has 0 aliphatic rings. The van der Waals surface area contributed by atoms with E-state index in [9.17, 15) is 4.79 Å². The van der Waals surface area contributed by atoms with E-state index in [1.807, 2.05) is 73.4 Å². The highest BCUT2D eigenvalue weighted by atomic mass is 16.1. The molecular weight excluding hydrogens is 422 g/mol. The Bertz CT molecular complexity index is 1480. The van der Waals surface area contributed by atoms with Crippen molar-refractivity contribution in [1.82, 2.24) is 24.7 Å². The molecule has 0 fully saturated rings. The molecule has 0 aliphatic heterocycles. The molecule has 0 radical (unpaired) electrons. The summed E-state index contributed by atoms with van der Waals surface area (Å²) in [6.45, 7) is 5.97. The molecule has 168 valence electrons. The van der Waals surface area contributed by atoms with Gasteiger partial charge in [0.15, 0.2) is 5.78 Å². The highest BCUT2D eigenvalue weighted by Gasteiger charge is 2.17. The molecular formula is C28H25N5O. The van der Waals surface area contributed by atoms with Crippen molar-refractivity contribution in [2.75, 3.05) is 0 Å². The van der Waals surface area contributed by atoms with Crippen molar-refractivity contribution in [3.8, 4) is 16.9 Å². The largest absolute Gasteiger partial charge is 0.294 e. The van der Waals surface area contributed by atoms with E-state index in [1.165, 1.54) is 0 Å². The van der Waals surface area contributed by atoms with Crippen LogP contribution in [0.1, 0.15) is 39.3 Å². The summed E-state index contributed by atoms with van der Waals surface area (Å²) in [7, 11) is 0. The number of aromatic nitrogens is 5. The van der Waals surface area contributed by atoms with Crippen LogP contribution in [-0.4, -0.2) is 30.5 Å². The third-order valence-electron chi connectivity index (χ3n) is 5.98. The molecule has 0 saturated carbocycles. The highest BCUT2D eigenvalue weighted by Crippen LogP contribution is 2.31. The van der Waals surface area contributed by atoms with Crippen LogP contribution in [0.4, 0.5) is 0 Å². The summed E-state index contributed by atoms with van der Waals surface area (Å²) >= 11 is 0. The quantitative estimate of drug-likeness (QED) is 0.316. The molecule has 34 heavy (non-hydrogen) atoms. The van der Waals surface area contributed by atoms with Crippen LogP contribution in [0.15, 0.2) is 73.3 Å². The monoisotopic (exact) mass is 447 g/mol. The lowest BCUT2D eigenvalue weighted by molar-refractivity contribution is 0.0982. The summed E-state index contributed by atoms with van der Waals surface area (Å²) in [5.74, 6) is 0.0511. The standard InChI is InChI=1S/C28H25N5O/c1-18-8-10-25(31-14-18)23-12-21(28(34)11-9-22-16-29-20(3)15-30-22)13-27-24(23)17-32-33(27)26-7-5-4-6-19(26)2/h4-8,10,12-17H,9,11H2,1-3H3. The van der Waals surface area contributed by atoms with Gasteiger partial charge in [-0.2, -0.15) is 5.10 Å². The first-order valence-corrected chi connectivity index (χ1v) is 11.3. The predicted molar refractivity (Wildman–Crippen MR) is 133 cm³/mol. The zero-order valence-electron chi connectivity index (χ0n) is 19.5. The molecule has 5 rings (SSSR count). The molecule has 0 bridgehead atoms. The summed E-state index contributed by atoms with van der Waals surface area (Å²) in [5.41, 5.74) is 8.09. The lowest BCUT2D eigenvalue weighted by atomic mass is 9.98. The Balaban J connectivity index is 1.60. The van der Waals surface area contributed by atoms with Crippen LogP contribution in [0.25, 0.3) is 27.8 Å². The maximum atomic E-state index is 13.3. The highest BCUT2D eigenvalue weighted by molar-refractivity contribution is 6.04. The molecule has 2 aromatic carbocycles. The van der Waals surface area contributed by atoms with Crippen molar-refractivity contribution in [3.05, 3.63) is 101 Å². The number of hydrogen-bond donors (Lipinski definition) is 0. The fraction of sp³-hybridized carbons (Fsp3) is 0.179. The van der Waals surface area contributed by atoms with Gasteiger partial charge >= 0.3 is 0 Å². The van der Waals surface area contributed by atoms with Crippen LogP contribution in [0.5, 0.6) is 0 Å². The van der Waals surface area contributed by atoms with E-state index in [1.54, 1.807) is 12.4 Å². The first-order valence-electron chi connectivity index (χ1n) is 11.3. The second-order valence-corrected chi connectivity index (χ2v) is 8.59. The van der Waals surface area contributed by atoms with Gasteiger partial charge in [-0.15, -0.1) is 0 Å². The molecule has 0 N–H and O–H groups in total. The van der Waals surface area contributed by atoms with E-state index in [0.29, 0.717) is 18.4 Å². The number of ketones is 1. The second-order valence-electron chi connectivity index (χ2n) is 8.59. The van der Waals surface area contributed by atoms with E-state index in [4.69, 9.17) is 5.10 Å². The van der Waals surface area contributed by atoms with Crippen molar-refractivity contribution in [2.24, 2.45) is 0 Å². The van der Waals surface area contributed by atoms with E-state index >= 15 is 0 Å². The number of aryl methyl sites for hydroxylation is 4. The Hall–Kier alpha value is -4.19. The number of benzene rings is 2. The Kier molecular flexibility index (Phi) is 5.72. The van der Waals surface area contributed by atoms with Crippen LogP contribution < -0.4 is 0 Å². The molecule has 5 aromatic rings. The zero-order chi connectivity index (χ0) is 23.7. The minimum Gasteiger partial charge on any atom is -0.294 e. The van der Waals surface area contributed by atoms with Gasteiger partial charge in [-0.25, -0.2) is 4.68 Å². The first kappa shape index (κ1) is 21.6. The number of fused-ring (bicyclic) bond motifs is 1. The van der Waals surface area contributed by atoms with Gasteiger partial charge in [-0.3, -0.25) is 19.7 Å². The summed E-state index contributed by atoms with van der Waals surface area (Å²) in [4.78, 5) is 26.6. The minimum atomic E-state index is 0.0511. The van der Waals surface area contributed by atoms with Crippen molar-refractivity contribution < 1.29 is 4.79 Å².